The molecular formula is C21H31N3O2. The Labute approximate surface area is 156 Å². The first-order valence-electron chi connectivity index (χ1n) is 10.1. The van der Waals surface area contributed by atoms with Crippen LogP contribution in [0, 0.1) is 18.8 Å². The van der Waals surface area contributed by atoms with E-state index in [1.165, 1.54) is 32.1 Å². The van der Waals surface area contributed by atoms with Crippen LogP contribution >= 0.6 is 0 Å². The number of amides is 2. The number of carbonyl (C=O) groups is 2. The van der Waals surface area contributed by atoms with Gasteiger partial charge in [-0.2, -0.15) is 0 Å². The molecule has 1 aliphatic carbocycles. The molecule has 0 bridgehead atoms. The minimum Gasteiger partial charge on any atom is -0.343 e. The van der Waals surface area contributed by atoms with Crippen LogP contribution in [0.3, 0.4) is 0 Å². The van der Waals surface area contributed by atoms with Gasteiger partial charge < -0.3 is 10.2 Å². The first-order valence-corrected chi connectivity index (χ1v) is 10.1. The van der Waals surface area contributed by atoms with Crippen molar-refractivity contribution in [1.29, 1.82) is 0 Å². The predicted molar refractivity (Wildman–Crippen MR) is 103 cm³/mol. The van der Waals surface area contributed by atoms with Gasteiger partial charge in [0.2, 0.25) is 11.8 Å². The topological polar surface area (TPSA) is 62.3 Å². The predicted octanol–water partition coefficient (Wildman–Crippen LogP) is 3.93. The van der Waals surface area contributed by atoms with E-state index in [1.54, 1.807) is 6.20 Å². The van der Waals surface area contributed by atoms with E-state index < -0.39 is 0 Å². The van der Waals surface area contributed by atoms with Crippen molar-refractivity contribution in [2.45, 2.75) is 64.7 Å². The number of rotatable bonds is 5. The molecule has 0 spiro atoms. The molecule has 0 aromatic carbocycles. The first kappa shape index (κ1) is 18.9. The van der Waals surface area contributed by atoms with Crippen LogP contribution in [0.25, 0.3) is 0 Å². The Kier molecular flexibility index (Phi) is 6.64. The number of aryl methyl sites for hydroxylation is 1. The number of aromatic nitrogens is 1. The third-order valence-electron chi connectivity index (χ3n) is 5.87. The van der Waals surface area contributed by atoms with E-state index in [1.807, 2.05) is 24.0 Å². The Hall–Kier alpha value is -1.91. The number of carbonyl (C=O) groups excluding carboxylic acids is 2. The van der Waals surface area contributed by atoms with Crippen molar-refractivity contribution in [1.82, 2.24) is 9.88 Å². The van der Waals surface area contributed by atoms with Crippen LogP contribution in [0.5, 0.6) is 0 Å². The second-order valence-corrected chi connectivity index (χ2v) is 7.91. The van der Waals surface area contributed by atoms with E-state index in [0.29, 0.717) is 25.3 Å². The third-order valence-corrected chi connectivity index (χ3v) is 5.87. The zero-order chi connectivity index (χ0) is 18.4. The Morgan fingerprint density at radius 2 is 1.85 bits per heavy atom. The van der Waals surface area contributed by atoms with Gasteiger partial charge in [-0.15, -0.1) is 0 Å². The zero-order valence-electron chi connectivity index (χ0n) is 15.9. The summed E-state index contributed by atoms with van der Waals surface area (Å²) in [6, 6.07) is 3.77. The zero-order valence-corrected chi connectivity index (χ0v) is 15.9. The summed E-state index contributed by atoms with van der Waals surface area (Å²) >= 11 is 0. The number of anilines is 1. The van der Waals surface area contributed by atoms with Crippen molar-refractivity contribution in [2.75, 3.05) is 18.4 Å². The quantitative estimate of drug-likeness (QED) is 0.868. The lowest BCUT2D eigenvalue weighted by Gasteiger charge is -2.32. The van der Waals surface area contributed by atoms with Crippen LogP contribution in [0.1, 0.15) is 63.4 Å². The van der Waals surface area contributed by atoms with Crippen LogP contribution in [-0.4, -0.2) is 34.8 Å². The van der Waals surface area contributed by atoms with Gasteiger partial charge in [-0.1, -0.05) is 38.2 Å². The van der Waals surface area contributed by atoms with E-state index >= 15 is 0 Å². The van der Waals surface area contributed by atoms with Crippen molar-refractivity contribution in [3.05, 3.63) is 23.9 Å². The number of nitrogens with one attached hydrogen (secondary N) is 1. The highest BCUT2D eigenvalue weighted by Crippen LogP contribution is 2.28. The summed E-state index contributed by atoms with van der Waals surface area (Å²) in [6.07, 6.45) is 11.6. The Morgan fingerprint density at radius 1 is 1.12 bits per heavy atom. The minimum absolute atomic E-state index is 0.0238. The van der Waals surface area contributed by atoms with E-state index in [-0.39, 0.29) is 17.7 Å². The number of nitrogens with zero attached hydrogens (tertiary/aromatic N) is 2. The van der Waals surface area contributed by atoms with Crippen LogP contribution in [0.15, 0.2) is 18.3 Å². The fourth-order valence-corrected chi connectivity index (χ4v) is 4.12. The van der Waals surface area contributed by atoms with Gasteiger partial charge in [0, 0.05) is 31.6 Å². The maximum Gasteiger partial charge on any atom is 0.228 e. The molecule has 0 unspecified atom stereocenters. The fraction of sp³-hybridized carbons (Fsp3) is 0.667. The first-order chi connectivity index (χ1) is 12.6. The summed E-state index contributed by atoms with van der Waals surface area (Å²) in [5.74, 6) is 1.62. The summed E-state index contributed by atoms with van der Waals surface area (Å²) < 4.78 is 0. The molecule has 1 saturated carbocycles. The van der Waals surface area contributed by atoms with Crippen LogP contribution in [-0.2, 0) is 9.59 Å². The fourth-order valence-electron chi connectivity index (χ4n) is 4.12. The van der Waals surface area contributed by atoms with Crippen LogP contribution < -0.4 is 5.32 Å². The molecule has 1 saturated heterocycles. The second kappa shape index (κ2) is 9.15. The molecule has 1 aromatic heterocycles. The molecule has 2 aliphatic rings. The van der Waals surface area contributed by atoms with E-state index in [0.717, 1.165) is 30.7 Å². The number of hydrogen-bond donors (Lipinski definition) is 1. The molecule has 1 N–H and O–H groups in total. The van der Waals surface area contributed by atoms with Gasteiger partial charge in [0.15, 0.2) is 0 Å². The molecule has 0 radical (unpaired) electrons. The van der Waals surface area contributed by atoms with Gasteiger partial charge in [-0.25, -0.2) is 4.98 Å². The van der Waals surface area contributed by atoms with Gasteiger partial charge in [-0.05, 0) is 43.7 Å². The minimum atomic E-state index is -0.0273. The summed E-state index contributed by atoms with van der Waals surface area (Å²) in [7, 11) is 0. The van der Waals surface area contributed by atoms with Gasteiger partial charge in [0.25, 0.3) is 0 Å². The lowest BCUT2D eigenvalue weighted by Crippen LogP contribution is -2.41. The second-order valence-electron chi connectivity index (χ2n) is 7.91. The Balaban J connectivity index is 1.39. The lowest BCUT2D eigenvalue weighted by molar-refractivity contribution is -0.134. The molecule has 0 atom stereocenters. The molecule has 142 valence electrons. The van der Waals surface area contributed by atoms with Crippen LogP contribution in [0.4, 0.5) is 5.82 Å². The summed E-state index contributed by atoms with van der Waals surface area (Å²) in [5, 5.41) is 2.90. The Morgan fingerprint density at radius 3 is 2.50 bits per heavy atom. The summed E-state index contributed by atoms with van der Waals surface area (Å²) in [4.78, 5) is 31.0. The van der Waals surface area contributed by atoms with Gasteiger partial charge in [0.05, 0.1) is 0 Å². The van der Waals surface area contributed by atoms with Crippen LogP contribution in [0.2, 0.25) is 0 Å². The molecule has 2 amide bonds. The highest BCUT2D eigenvalue weighted by atomic mass is 16.2. The summed E-state index contributed by atoms with van der Waals surface area (Å²) in [6.45, 7) is 3.37. The number of likely N-dealkylation sites (tertiary alicyclic amines) is 1. The highest BCUT2D eigenvalue weighted by molar-refractivity contribution is 5.91. The largest absolute Gasteiger partial charge is 0.343 e. The number of pyridine rings is 1. The lowest BCUT2D eigenvalue weighted by atomic mass is 9.86. The van der Waals surface area contributed by atoms with E-state index in [4.69, 9.17) is 0 Å². The van der Waals surface area contributed by atoms with E-state index in [9.17, 15) is 9.59 Å². The van der Waals surface area contributed by atoms with Crippen molar-refractivity contribution < 1.29 is 9.59 Å². The van der Waals surface area contributed by atoms with Crippen molar-refractivity contribution in [2.24, 2.45) is 11.8 Å². The standard InChI is InChI=1S/C21H31N3O2/c1-16-7-9-19(22-15-16)23-21(26)18-11-13-24(14-12-18)20(25)10-8-17-5-3-2-4-6-17/h7,9,15,17-18H,2-6,8,10-14H2,1H3,(H,22,23,26). The maximum atomic E-state index is 12.5. The molecule has 3 rings (SSSR count). The van der Waals surface area contributed by atoms with Gasteiger partial charge in [0.1, 0.15) is 5.82 Å². The van der Waals surface area contributed by atoms with Gasteiger partial charge >= 0.3 is 0 Å². The SMILES string of the molecule is Cc1ccc(NC(=O)C2CCN(C(=O)CCC3CCCCC3)CC2)nc1. The molecule has 5 heteroatoms. The monoisotopic (exact) mass is 357 g/mol. The normalized spacial score (nSPS) is 19.3. The van der Waals surface area contributed by atoms with Crippen molar-refractivity contribution >= 4 is 17.6 Å². The van der Waals surface area contributed by atoms with Crippen molar-refractivity contribution in [3.63, 3.8) is 0 Å². The molecular weight excluding hydrogens is 326 g/mol. The molecule has 1 aromatic rings. The number of piperidine rings is 1. The average molecular weight is 357 g/mol. The average Bonchev–Trinajstić information content (AvgIpc) is 2.69. The molecule has 1 aliphatic heterocycles. The molecule has 26 heavy (non-hydrogen) atoms. The Bertz CT molecular complexity index is 600. The maximum absolute atomic E-state index is 12.5. The summed E-state index contributed by atoms with van der Waals surface area (Å²) in [5.41, 5.74) is 1.07. The van der Waals surface area contributed by atoms with Gasteiger partial charge in [-0.3, -0.25) is 9.59 Å². The molecule has 5 nitrogen and oxygen atoms in total. The third kappa shape index (κ3) is 5.29. The van der Waals surface area contributed by atoms with E-state index in [2.05, 4.69) is 10.3 Å². The molecule has 2 heterocycles. The smallest absolute Gasteiger partial charge is 0.228 e. The highest BCUT2D eigenvalue weighted by Gasteiger charge is 2.27. The number of hydrogen-bond acceptors (Lipinski definition) is 3. The van der Waals surface area contributed by atoms with Crippen molar-refractivity contribution in [3.8, 4) is 0 Å². The molecule has 2 fully saturated rings.